The van der Waals surface area contributed by atoms with E-state index in [9.17, 15) is 18.0 Å². The van der Waals surface area contributed by atoms with Crippen LogP contribution < -0.4 is 11.1 Å². The number of anilines is 1. The smallest absolute Gasteiger partial charge is 0.326 e. The highest BCUT2D eigenvalue weighted by Crippen LogP contribution is 2.33. The first kappa shape index (κ1) is 14.6. The standard InChI is InChI=1S/C14H15F3N2O/c1-8-2-5-11(7-12(8)14(15,16)17)19-13(20)9-3-4-10(18)6-9/h2-5,7,9-10H,6,18H2,1H3,(H,19,20). The van der Waals surface area contributed by atoms with E-state index in [-0.39, 0.29) is 29.1 Å². The van der Waals surface area contributed by atoms with Crippen molar-refractivity contribution in [2.45, 2.75) is 25.6 Å². The molecule has 108 valence electrons. The van der Waals surface area contributed by atoms with Crippen molar-refractivity contribution < 1.29 is 18.0 Å². The Morgan fingerprint density at radius 3 is 2.60 bits per heavy atom. The molecule has 1 aliphatic carbocycles. The molecule has 0 heterocycles. The molecule has 2 atom stereocenters. The van der Waals surface area contributed by atoms with Crippen LogP contribution in [-0.2, 0) is 11.0 Å². The van der Waals surface area contributed by atoms with Gasteiger partial charge >= 0.3 is 6.18 Å². The summed E-state index contributed by atoms with van der Waals surface area (Å²) >= 11 is 0. The molecule has 0 saturated heterocycles. The monoisotopic (exact) mass is 284 g/mol. The number of hydrogen-bond acceptors (Lipinski definition) is 2. The largest absolute Gasteiger partial charge is 0.416 e. The van der Waals surface area contributed by atoms with Crippen LogP contribution in [0.1, 0.15) is 17.5 Å². The summed E-state index contributed by atoms with van der Waals surface area (Å²) in [6.07, 6.45) is -0.552. The molecule has 0 aliphatic heterocycles. The zero-order valence-corrected chi connectivity index (χ0v) is 10.9. The van der Waals surface area contributed by atoms with Gasteiger partial charge in [0, 0.05) is 11.7 Å². The number of aryl methyl sites for hydroxylation is 1. The van der Waals surface area contributed by atoms with Crippen LogP contribution in [0.5, 0.6) is 0 Å². The van der Waals surface area contributed by atoms with Crippen molar-refractivity contribution in [3.05, 3.63) is 41.5 Å². The van der Waals surface area contributed by atoms with Crippen molar-refractivity contribution in [3.8, 4) is 0 Å². The summed E-state index contributed by atoms with van der Waals surface area (Å²) < 4.78 is 38.3. The summed E-state index contributed by atoms with van der Waals surface area (Å²) in [7, 11) is 0. The van der Waals surface area contributed by atoms with Crippen LogP contribution in [-0.4, -0.2) is 11.9 Å². The molecular formula is C14H15F3N2O. The Morgan fingerprint density at radius 2 is 2.05 bits per heavy atom. The fourth-order valence-electron chi connectivity index (χ4n) is 2.16. The summed E-state index contributed by atoms with van der Waals surface area (Å²) in [6, 6.07) is 3.58. The Kier molecular flexibility index (Phi) is 3.85. The number of amides is 1. The van der Waals surface area contributed by atoms with Gasteiger partial charge in [-0.05, 0) is 31.0 Å². The zero-order chi connectivity index (χ0) is 14.9. The third kappa shape index (κ3) is 3.19. The minimum absolute atomic E-state index is 0.123. The Balaban J connectivity index is 2.14. The SMILES string of the molecule is Cc1ccc(NC(=O)C2C=CC(N)C2)cc1C(F)(F)F. The number of halogens is 3. The normalized spacial score (nSPS) is 22.1. The summed E-state index contributed by atoms with van der Waals surface area (Å²) in [5.74, 6) is -0.730. The van der Waals surface area contributed by atoms with Crippen LogP contribution in [0, 0.1) is 12.8 Å². The van der Waals surface area contributed by atoms with E-state index in [0.29, 0.717) is 6.42 Å². The third-order valence-electron chi connectivity index (χ3n) is 3.26. The minimum Gasteiger partial charge on any atom is -0.326 e. The lowest BCUT2D eigenvalue weighted by Gasteiger charge is -2.14. The highest BCUT2D eigenvalue weighted by Gasteiger charge is 2.32. The van der Waals surface area contributed by atoms with Gasteiger partial charge in [0.05, 0.1) is 11.5 Å². The first-order valence-corrected chi connectivity index (χ1v) is 6.20. The fraction of sp³-hybridized carbons (Fsp3) is 0.357. The van der Waals surface area contributed by atoms with Gasteiger partial charge in [-0.2, -0.15) is 13.2 Å². The lowest BCUT2D eigenvalue weighted by Crippen LogP contribution is -2.24. The van der Waals surface area contributed by atoms with Crippen LogP contribution in [0.4, 0.5) is 18.9 Å². The second-order valence-corrected chi connectivity index (χ2v) is 4.91. The average Bonchev–Trinajstić information content (AvgIpc) is 2.77. The molecule has 1 aromatic carbocycles. The minimum atomic E-state index is -4.43. The number of alkyl halides is 3. The van der Waals surface area contributed by atoms with Gasteiger partial charge in [-0.25, -0.2) is 0 Å². The van der Waals surface area contributed by atoms with Crippen LogP contribution in [0.3, 0.4) is 0 Å². The number of benzene rings is 1. The molecule has 0 bridgehead atoms. The van der Waals surface area contributed by atoms with E-state index in [0.717, 1.165) is 6.07 Å². The molecule has 1 aromatic rings. The molecule has 0 radical (unpaired) electrons. The van der Waals surface area contributed by atoms with Gasteiger partial charge in [-0.3, -0.25) is 4.79 Å². The number of carbonyl (C=O) groups excluding carboxylic acids is 1. The maximum atomic E-state index is 12.8. The quantitative estimate of drug-likeness (QED) is 0.820. The summed E-state index contributed by atoms with van der Waals surface area (Å²) in [5.41, 5.74) is 5.16. The molecule has 1 aliphatic rings. The molecule has 3 N–H and O–H groups in total. The number of hydrogen-bond donors (Lipinski definition) is 2. The molecule has 20 heavy (non-hydrogen) atoms. The molecule has 1 amide bonds. The number of nitrogens with two attached hydrogens (primary N) is 1. The predicted molar refractivity (Wildman–Crippen MR) is 70.0 cm³/mol. The van der Waals surface area contributed by atoms with E-state index in [1.165, 1.54) is 19.1 Å². The van der Waals surface area contributed by atoms with Crippen molar-refractivity contribution in [1.82, 2.24) is 0 Å². The Hall–Kier alpha value is -1.82. The molecular weight excluding hydrogens is 269 g/mol. The van der Waals surface area contributed by atoms with E-state index in [4.69, 9.17) is 5.73 Å². The first-order chi connectivity index (χ1) is 9.27. The highest BCUT2D eigenvalue weighted by molar-refractivity contribution is 5.94. The van der Waals surface area contributed by atoms with Crippen molar-refractivity contribution in [3.63, 3.8) is 0 Å². The van der Waals surface area contributed by atoms with Crippen LogP contribution >= 0.6 is 0 Å². The number of rotatable bonds is 2. The summed E-state index contributed by atoms with van der Waals surface area (Å²) in [4.78, 5) is 11.9. The fourth-order valence-corrected chi connectivity index (χ4v) is 2.16. The van der Waals surface area contributed by atoms with Gasteiger partial charge in [0.15, 0.2) is 0 Å². The highest BCUT2D eigenvalue weighted by atomic mass is 19.4. The van der Waals surface area contributed by atoms with E-state index in [2.05, 4.69) is 5.32 Å². The lowest BCUT2D eigenvalue weighted by molar-refractivity contribution is -0.138. The molecule has 0 aromatic heterocycles. The van der Waals surface area contributed by atoms with Gasteiger partial charge in [0.1, 0.15) is 0 Å². The molecule has 0 fully saturated rings. The first-order valence-electron chi connectivity index (χ1n) is 6.20. The van der Waals surface area contributed by atoms with Crippen molar-refractivity contribution in [1.29, 1.82) is 0 Å². The second-order valence-electron chi connectivity index (χ2n) is 4.91. The Morgan fingerprint density at radius 1 is 1.35 bits per heavy atom. The van der Waals surface area contributed by atoms with Gasteiger partial charge in [-0.15, -0.1) is 0 Å². The van der Waals surface area contributed by atoms with Crippen LogP contribution in [0.2, 0.25) is 0 Å². The summed E-state index contributed by atoms with van der Waals surface area (Å²) in [5, 5.41) is 2.50. The Labute approximate surface area is 114 Å². The maximum absolute atomic E-state index is 12.8. The van der Waals surface area contributed by atoms with E-state index in [1.54, 1.807) is 12.2 Å². The van der Waals surface area contributed by atoms with Crippen LogP contribution in [0.15, 0.2) is 30.4 Å². The number of carbonyl (C=O) groups is 1. The van der Waals surface area contributed by atoms with Gasteiger partial charge in [-0.1, -0.05) is 18.2 Å². The third-order valence-corrected chi connectivity index (χ3v) is 3.26. The number of nitrogens with one attached hydrogen (secondary N) is 1. The van der Waals surface area contributed by atoms with Gasteiger partial charge < -0.3 is 11.1 Å². The van der Waals surface area contributed by atoms with Crippen molar-refractivity contribution in [2.24, 2.45) is 11.7 Å². The topological polar surface area (TPSA) is 55.1 Å². The van der Waals surface area contributed by atoms with Gasteiger partial charge in [0.25, 0.3) is 0 Å². The molecule has 2 unspecified atom stereocenters. The zero-order valence-electron chi connectivity index (χ0n) is 10.9. The van der Waals surface area contributed by atoms with Gasteiger partial charge in [0.2, 0.25) is 5.91 Å². The van der Waals surface area contributed by atoms with Crippen LogP contribution in [0.25, 0.3) is 0 Å². The lowest BCUT2D eigenvalue weighted by atomic mass is 10.1. The van der Waals surface area contributed by atoms with Crippen molar-refractivity contribution >= 4 is 11.6 Å². The second kappa shape index (κ2) is 5.28. The van der Waals surface area contributed by atoms with Crippen molar-refractivity contribution in [2.75, 3.05) is 5.32 Å². The maximum Gasteiger partial charge on any atom is 0.416 e. The van der Waals surface area contributed by atoms with E-state index < -0.39 is 11.7 Å². The van der Waals surface area contributed by atoms with E-state index in [1.807, 2.05) is 0 Å². The Bertz CT molecular complexity index is 552. The molecule has 2 rings (SSSR count). The summed E-state index contributed by atoms with van der Waals surface area (Å²) in [6.45, 7) is 1.38. The van der Waals surface area contributed by atoms with E-state index >= 15 is 0 Å². The molecule has 6 heteroatoms. The molecule has 3 nitrogen and oxygen atoms in total. The predicted octanol–water partition coefficient (Wildman–Crippen LogP) is 2.86. The average molecular weight is 284 g/mol. The molecule has 0 spiro atoms. The molecule has 0 saturated carbocycles.